The van der Waals surface area contributed by atoms with E-state index in [1.54, 1.807) is 17.2 Å². The third-order valence-electron chi connectivity index (χ3n) is 5.22. The summed E-state index contributed by atoms with van der Waals surface area (Å²) in [5, 5.41) is 12.3. The highest BCUT2D eigenvalue weighted by molar-refractivity contribution is 7.09. The first-order valence-electron chi connectivity index (χ1n) is 9.12. The van der Waals surface area contributed by atoms with Crippen LogP contribution in [0.1, 0.15) is 62.1 Å². The Hall–Kier alpha value is -1.67. The minimum Gasteiger partial charge on any atom is -0.465 e. The number of carbonyl (C=O) groups is 2. The summed E-state index contributed by atoms with van der Waals surface area (Å²) in [6.45, 7) is 9.93. The van der Waals surface area contributed by atoms with Gasteiger partial charge in [0.25, 0.3) is 0 Å². The van der Waals surface area contributed by atoms with Gasteiger partial charge in [-0.2, -0.15) is 0 Å². The smallest absolute Gasteiger partial charge is 0.408 e. The summed E-state index contributed by atoms with van der Waals surface area (Å²) in [4.78, 5) is 32.6. The van der Waals surface area contributed by atoms with E-state index in [-0.39, 0.29) is 35.8 Å². The molecular formula is C18H27N3O4S. The van der Waals surface area contributed by atoms with Crippen LogP contribution in [-0.4, -0.2) is 63.7 Å². The number of nitrogens with zero attached hydrogens (tertiary/aromatic N) is 3. The van der Waals surface area contributed by atoms with Crippen LogP contribution in [-0.2, 0) is 4.74 Å². The van der Waals surface area contributed by atoms with Crippen molar-refractivity contribution < 1.29 is 19.4 Å². The molecule has 26 heavy (non-hydrogen) atoms. The monoisotopic (exact) mass is 381 g/mol. The Morgan fingerprint density at radius 2 is 2.15 bits per heavy atom. The molecule has 0 spiro atoms. The van der Waals surface area contributed by atoms with Gasteiger partial charge in [-0.1, -0.05) is 20.8 Å². The predicted molar refractivity (Wildman–Crippen MR) is 98.5 cm³/mol. The molecule has 2 fully saturated rings. The third kappa shape index (κ3) is 3.44. The van der Waals surface area contributed by atoms with Crippen LogP contribution in [0.2, 0.25) is 0 Å². The van der Waals surface area contributed by atoms with E-state index in [1.165, 1.54) is 11.3 Å². The molecule has 2 aliphatic heterocycles. The second-order valence-electron chi connectivity index (χ2n) is 8.01. The van der Waals surface area contributed by atoms with Gasteiger partial charge in [-0.15, -0.1) is 11.3 Å². The van der Waals surface area contributed by atoms with Gasteiger partial charge in [-0.05, 0) is 31.7 Å². The number of esters is 1. The van der Waals surface area contributed by atoms with Crippen LogP contribution in [0.25, 0.3) is 0 Å². The highest BCUT2D eigenvalue weighted by atomic mass is 32.1. The summed E-state index contributed by atoms with van der Waals surface area (Å²) in [6, 6.07) is -0.234. The summed E-state index contributed by atoms with van der Waals surface area (Å²) in [5.41, 5.74) is 0.0685. The van der Waals surface area contributed by atoms with E-state index in [9.17, 15) is 14.7 Å². The number of hydrogen-bond acceptors (Lipinski definition) is 6. The van der Waals surface area contributed by atoms with Gasteiger partial charge in [0.1, 0.15) is 11.0 Å². The number of piperazine rings is 1. The van der Waals surface area contributed by atoms with Gasteiger partial charge < -0.3 is 9.84 Å². The van der Waals surface area contributed by atoms with Crippen molar-refractivity contribution >= 4 is 23.4 Å². The molecule has 2 saturated heterocycles. The molecule has 1 amide bonds. The van der Waals surface area contributed by atoms with Gasteiger partial charge in [-0.25, -0.2) is 14.6 Å². The number of rotatable bonds is 3. The lowest BCUT2D eigenvalue weighted by atomic mass is 9.78. The number of ether oxygens (including phenoxy) is 1. The number of fused-ring (bicyclic) bond motifs is 1. The zero-order valence-electron chi connectivity index (χ0n) is 15.8. The number of aromatic nitrogens is 1. The molecule has 0 saturated carbocycles. The van der Waals surface area contributed by atoms with Crippen LogP contribution in [0.5, 0.6) is 0 Å². The largest absolute Gasteiger partial charge is 0.465 e. The maximum atomic E-state index is 12.2. The average Bonchev–Trinajstić information content (AvgIpc) is 3.21. The average molecular weight is 381 g/mol. The van der Waals surface area contributed by atoms with Crippen molar-refractivity contribution in [1.82, 2.24) is 14.8 Å². The SMILES string of the molecule is CCOC(=O)c1csc([C@@H]2CN3CCC[C@@H]3C(C(C)(C)C)N2C(=O)O)n1. The van der Waals surface area contributed by atoms with E-state index in [4.69, 9.17) is 4.74 Å². The van der Waals surface area contributed by atoms with Crippen molar-refractivity contribution in [3.05, 3.63) is 16.1 Å². The molecule has 3 heterocycles. The normalized spacial score (nSPS) is 26.6. The standard InChI is InChI=1S/C18H27N3O4S/c1-5-25-16(22)11-10-26-15(19-11)13-9-20-8-6-7-12(20)14(18(2,3)4)21(13)17(23)24/h10,12-14H,5-9H2,1-4H3,(H,23,24)/t12-,13+,14?/m1/s1. The first-order valence-corrected chi connectivity index (χ1v) is 9.99. The summed E-state index contributed by atoms with van der Waals surface area (Å²) in [5.74, 6) is -0.459. The quantitative estimate of drug-likeness (QED) is 0.810. The summed E-state index contributed by atoms with van der Waals surface area (Å²) >= 11 is 1.33. The van der Waals surface area contributed by atoms with Crippen LogP contribution >= 0.6 is 11.3 Å². The van der Waals surface area contributed by atoms with Gasteiger partial charge in [0.15, 0.2) is 5.69 Å². The summed E-state index contributed by atoms with van der Waals surface area (Å²) in [6.07, 6.45) is 1.18. The number of amides is 1. The molecule has 0 bridgehead atoms. The third-order valence-corrected chi connectivity index (χ3v) is 6.17. The molecule has 0 radical (unpaired) electrons. The maximum absolute atomic E-state index is 12.2. The Kier molecular flexibility index (Phi) is 5.25. The minimum atomic E-state index is -0.922. The van der Waals surface area contributed by atoms with Crippen molar-refractivity contribution in [2.75, 3.05) is 19.7 Å². The Bertz CT molecular complexity index is 684. The van der Waals surface area contributed by atoms with Gasteiger partial charge >= 0.3 is 12.1 Å². The highest BCUT2D eigenvalue weighted by Gasteiger charge is 2.51. The van der Waals surface area contributed by atoms with Crippen molar-refractivity contribution in [1.29, 1.82) is 0 Å². The van der Waals surface area contributed by atoms with Gasteiger partial charge in [0.2, 0.25) is 0 Å². The maximum Gasteiger partial charge on any atom is 0.408 e. The zero-order chi connectivity index (χ0) is 19.1. The Labute approximate surface area is 158 Å². The van der Waals surface area contributed by atoms with E-state index in [0.717, 1.165) is 19.4 Å². The molecule has 0 aliphatic carbocycles. The molecule has 3 rings (SSSR count). The van der Waals surface area contributed by atoms with Gasteiger partial charge in [-0.3, -0.25) is 9.80 Å². The van der Waals surface area contributed by atoms with Crippen molar-refractivity contribution in [2.24, 2.45) is 5.41 Å². The second kappa shape index (κ2) is 7.15. The van der Waals surface area contributed by atoms with Crippen LogP contribution in [0.4, 0.5) is 4.79 Å². The minimum absolute atomic E-state index is 0.115. The lowest BCUT2D eigenvalue weighted by Gasteiger charge is -2.52. The van der Waals surface area contributed by atoms with Crippen LogP contribution in [0, 0.1) is 5.41 Å². The van der Waals surface area contributed by atoms with E-state index in [1.807, 2.05) is 0 Å². The van der Waals surface area contributed by atoms with Crippen LogP contribution < -0.4 is 0 Å². The van der Waals surface area contributed by atoms with E-state index < -0.39 is 12.1 Å². The topological polar surface area (TPSA) is 83.0 Å². The summed E-state index contributed by atoms with van der Waals surface area (Å²) in [7, 11) is 0. The lowest BCUT2D eigenvalue weighted by Crippen LogP contribution is -2.63. The molecule has 1 aromatic rings. The zero-order valence-corrected chi connectivity index (χ0v) is 16.6. The first kappa shape index (κ1) is 19.1. The lowest BCUT2D eigenvalue weighted by molar-refractivity contribution is -0.0381. The molecule has 2 aliphatic rings. The fourth-order valence-electron chi connectivity index (χ4n) is 4.31. The van der Waals surface area contributed by atoms with Crippen LogP contribution in [0.3, 0.4) is 0 Å². The molecule has 1 aromatic heterocycles. The molecule has 3 atom stereocenters. The molecule has 1 unspecified atom stereocenters. The van der Waals surface area contributed by atoms with E-state index in [0.29, 0.717) is 11.6 Å². The van der Waals surface area contributed by atoms with Gasteiger partial charge in [0, 0.05) is 18.0 Å². The molecule has 8 heteroatoms. The Balaban J connectivity index is 1.97. The molecular weight excluding hydrogens is 354 g/mol. The molecule has 0 aromatic carbocycles. The van der Waals surface area contributed by atoms with Crippen molar-refractivity contribution in [3.63, 3.8) is 0 Å². The Morgan fingerprint density at radius 3 is 2.77 bits per heavy atom. The van der Waals surface area contributed by atoms with Crippen molar-refractivity contribution in [3.8, 4) is 0 Å². The predicted octanol–water partition coefficient (Wildman–Crippen LogP) is 3.23. The Morgan fingerprint density at radius 1 is 1.42 bits per heavy atom. The van der Waals surface area contributed by atoms with E-state index in [2.05, 4.69) is 30.7 Å². The van der Waals surface area contributed by atoms with Crippen LogP contribution in [0.15, 0.2) is 5.38 Å². The number of thiazole rings is 1. The van der Waals surface area contributed by atoms with E-state index >= 15 is 0 Å². The van der Waals surface area contributed by atoms with Crippen molar-refractivity contribution in [2.45, 2.75) is 58.7 Å². The number of carboxylic acid groups (broad SMARTS) is 1. The first-order chi connectivity index (χ1) is 12.2. The fraction of sp³-hybridized carbons (Fsp3) is 0.722. The highest BCUT2D eigenvalue weighted by Crippen LogP contribution is 2.43. The van der Waals surface area contributed by atoms with Gasteiger partial charge in [0.05, 0.1) is 12.6 Å². The second-order valence-corrected chi connectivity index (χ2v) is 8.90. The summed E-state index contributed by atoms with van der Waals surface area (Å²) < 4.78 is 5.01. The number of carbonyl (C=O) groups excluding carboxylic acids is 1. The number of hydrogen-bond donors (Lipinski definition) is 1. The molecule has 1 N–H and O–H groups in total. The molecule has 7 nitrogen and oxygen atoms in total. The fourth-order valence-corrected chi connectivity index (χ4v) is 5.19. The molecule has 144 valence electrons.